The molecule has 2 rings (SSSR count). The van der Waals surface area contributed by atoms with Crippen molar-refractivity contribution in [2.75, 3.05) is 17.1 Å². The third-order valence-corrected chi connectivity index (χ3v) is 7.73. The molecule has 1 N–H and O–H groups in total. The molecule has 7 nitrogen and oxygen atoms in total. The van der Waals surface area contributed by atoms with Crippen molar-refractivity contribution in [3.63, 3.8) is 0 Å². The van der Waals surface area contributed by atoms with Gasteiger partial charge < -0.3 is 10.2 Å². The van der Waals surface area contributed by atoms with Crippen LogP contribution in [0.5, 0.6) is 0 Å². The van der Waals surface area contributed by atoms with Gasteiger partial charge in [-0.15, -0.1) is 0 Å². The number of rotatable bonds is 10. The molecule has 0 bridgehead atoms. The van der Waals surface area contributed by atoms with Crippen molar-refractivity contribution in [2.45, 2.75) is 72.5 Å². The monoisotopic (exact) mass is 569 g/mol. The van der Waals surface area contributed by atoms with Crippen LogP contribution < -0.4 is 9.62 Å². The number of hydrogen-bond acceptors (Lipinski definition) is 4. The largest absolute Gasteiger partial charge is 0.350 e. The van der Waals surface area contributed by atoms with E-state index in [0.717, 1.165) is 17.4 Å². The van der Waals surface area contributed by atoms with Gasteiger partial charge in [-0.05, 0) is 88.9 Å². The van der Waals surface area contributed by atoms with E-state index in [1.165, 1.54) is 9.21 Å². The summed E-state index contributed by atoms with van der Waals surface area (Å²) in [7, 11) is -3.56. The average molecular weight is 571 g/mol. The Morgan fingerprint density at radius 3 is 2.22 bits per heavy atom. The van der Waals surface area contributed by atoms with Gasteiger partial charge in [0.2, 0.25) is 21.8 Å². The number of amides is 2. The zero-order valence-corrected chi connectivity index (χ0v) is 24.9. The Labute approximate surface area is 231 Å². The SMILES string of the molecule is Cc1ccc(N(CCCC(=O)N(Cc2ccc(Cl)cc2Cl)C(C)C(=O)NC(C)(C)C)S(C)(=O)=O)cc1C. The number of halogens is 2. The van der Waals surface area contributed by atoms with Crippen LogP contribution in [0.4, 0.5) is 5.69 Å². The van der Waals surface area contributed by atoms with Crippen LogP contribution >= 0.6 is 23.2 Å². The Morgan fingerprint density at radius 2 is 1.68 bits per heavy atom. The molecule has 0 aliphatic rings. The number of anilines is 1. The van der Waals surface area contributed by atoms with E-state index in [4.69, 9.17) is 23.2 Å². The van der Waals surface area contributed by atoms with Gasteiger partial charge >= 0.3 is 0 Å². The maximum Gasteiger partial charge on any atom is 0.242 e. The van der Waals surface area contributed by atoms with Crippen molar-refractivity contribution in [2.24, 2.45) is 0 Å². The van der Waals surface area contributed by atoms with Crippen LogP contribution in [0.2, 0.25) is 10.0 Å². The normalized spacial score (nSPS) is 12.7. The smallest absolute Gasteiger partial charge is 0.242 e. The maximum atomic E-state index is 13.4. The van der Waals surface area contributed by atoms with Gasteiger partial charge in [0.1, 0.15) is 6.04 Å². The first kappa shape index (κ1) is 30.9. The summed E-state index contributed by atoms with van der Waals surface area (Å²) in [5, 5.41) is 3.78. The molecule has 10 heteroatoms. The lowest BCUT2D eigenvalue weighted by atomic mass is 10.1. The van der Waals surface area contributed by atoms with Gasteiger partial charge in [0, 0.05) is 35.1 Å². The van der Waals surface area contributed by atoms with E-state index in [1.807, 2.05) is 46.8 Å². The van der Waals surface area contributed by atoms with E-state index in [2.05, 4.69) is 5.32 Å². The second-order valence-electron chi connectivity index (χ2n) is 10.4. The number of carbonyl (C=O) groups is 2. The number of hydrogen-bond donors (Lipinski definition) is 1. The molecule has 37 heavy (non-hydrogen) atoms. The van der Waals surface area contributed by atoms with E-state index in [0.29, 0.717) is 21.3 Å². The van der Waals surface area contributed by atoms with Crippen LogP contribution in [-0.2, 0) is 26.2 Å². The molecule has 0 spiro atoms. The van der Waals surface area contributed by atoms with Crippen LogP contribution in [0.3, 0.4) is 0 Å². The Morgan fingerprint density at radius 1 is 1.03 bits per heavy atom. The fourth-order valence-electron chi connectivity index (χ4n) is 3.77. The van der Waals surface area contributed by atoms with E-state index in [1.54, 1.807) is 31.2 Å². The lowest BCUT2D eigenvalue weighted by Crippen LogP contribution is -2.52. The third kappa shape index (κ3) is 9.20. The summed E-state index contributed by atoms with van der Waals surface area (Å²) in [6, 6.07) is 9.69. The number of nitrogens with one attached hydrogen (secondary N) is 1. The number of nitrogens with zero attached hydrogens (tertiary/aromatic N) is 2. The fourth-order valence-corrected chi connectivity index (χ4v) is 5.20. The predicted octanol–water partition coefficient (Wildman–Crippen LogP) is 5.49. The molecule has 0 heterocycles. The molecule has 0 aromatic heterocycles. The highest BCUT2D eigenvalue weighted by molar-refractivity contribution is 7.92. The summed E-state index contributed by atoms with van der Waals surface area (Å²) < 4.78 is 26.4. The molecule has 0 saturated carbocycles. The Bertz CT molecular complexity index is 1240. The highest BCUT2D eigenvalue weighted by Crippen LogP contribution is 2.25. The molecule has 0 aliphatic heterocycles. The molecule has 2 amide bonds. The minimum absolute atomic E-state index is 0.0508. The number of sulfonamides is 1. The van der Waals surface area contributed by atoms with Crippen LogP contribution in [0, 0.1) is 13.8 Å². The second kappa shape index (κ2) is 12.5. The van der Waals surface area contributed by atoms with Gasteiger partial charge in [0.15, 0.2) is 0 Å². The van der Waals surface area contributed by atoms with Crippen LogP contribution in [0.1, 0.15) is 57.2 Å². The van der Waals surface area contributed by atoms with Gasteiger partial charge in [-0.3, -0.25) is 13.9 Å². The third-order valence-electron chi connectivity index (χ3n) is 5.95. The minimum Gasteiger partial charge on any atom is -0.350 e. The molecule has 2 aromatic carbocycles. The summed E-state index contributed by atoms with van der Waals surface area (Å²) in [5.41, 5.74) is 2.78. The van der Waals surface area contributed by atoms with E-state index >= 15 is 0 Å². The molecule has 1 unspecified atom stereocenters. The van der Waals surface area contributed by atoms with Gasteiger partial charge in [-0.1, -0.05) is 35.3 Å². The number of benzene rings is 2. The Balaban J connectivity index is 2.24. The van der Waals surface area contributed by atoms with Crippen molar-refractivity contribution in [1.29, 1.82) is 0 Å². The zero-order valence-electron chi connectivity index (χ0n) is 22.6. The summed E-state index contributed by atoms with van der Waals surface area (Å²) >= 11 is 12.4. The molecule has 1 atom stereocenters. The molecule has 0 aliphatic carbocycles. The standard InChI is InChI=1S/C27H37Cl2N3O4S/c1-18-10-13-23(15-19(18)2)32(37(7,35)36)14-8-9-25(33)31(20(3)26(34)30-27(4,5)6)17-21-11-12-22(28)16-24(21)29/h10-13,15-16,20H,8-9,14,17H2,1-7H3,(H,30,34). The van der Waals surface area contributed by atoms with Crippen molar-refractivity contribution in [3.05, 3.63) is 63.1 Å². The zero-order chi connectivity index (χ0) is 28.1. The van der Waals surface area contributed by atoms with Crippen LogP contribution in [0.25, 0.3) is 0 Å². The highest BCUT2D eigenvalue weighted by atomic mass is 35.5. The molecular formula is C27H37Cl2N3O4S. The van der Waals surface area contributed by atoms with Gasteiger partial charge in [-0.2, -0.15) is 0 Å². The average Bonchev–Trinajstić information content (AvgIpc) is 2.75. The van der Waals surface area contributed by atoms with Crippen LogP contribution in [-0.4, -0.2) is 49.5 Å². The topological polar surface area (TPSA) is 86.8 Å². The summed E-state index contributed by atoms with van der Waals surface area (Å²) in [5.74, 6) is -0.574. The Hall–Kier alpha value is -2.29. The first-order chi connectivity index (χ1) is 17.0. The molecular weight excluding hydrogens is 533 g/mol. The van der Waals surface area contributed by atoms with Crippen molar-refractivity contribution in [3.8, 4) is 0 Å². The van der Waals surface area contributed by atoms with Gasteiger partial charge in [0.25, 0.3) is 0 Å². The van der Waals surface area contributed by atoms with Gasteiger partial charge in [0.05, 0.1) is 11.9 Å². The number of aryl methyl sites for hydroxylation is 2. The molecule has 0 saturated heterocycles. The summed E-state index contributed by atoms with van der Waals surface area (Å²) in [6.45, 7) is 11.4. The molecule has 0 fully saturated rings. The highest BCUT2D eigenvalue weighted by Gasteiger charge is 2.29. The first-order valence-electron chi connectivity index (χ1n) is 12.1. The lowest BCUT2D eigenvalue weighted by molar-refractivity contribution is -0.141. The fraction of sp³-hybridized carbons (Fsp3) is 0.481. The minimum atomic E-state index is -3.56. The van der Waals surface area contributed by atoms with Crippen molar-refractivity contribution >= 4 is 50.7 Å². The van der Waals surface area contributed by atoms with E-state index < -0.39 is 21.6 Å². The van der Waals surface area contributed by atoms with E-state index in [-0.39, 0.29) is 37.7 Å². The number of carbonyl (C=O) groups excluding carboxylic acids is 2. The summed E-state index contributed by atoms with van der Waals surface area (Å²) in [6.07, 6.45) is 1.48. The molecule has 204 valence electrons. The quantitative estimate of drug-likeness (QED) is 0.410. The van der Waals surface area contributed by atoms with Crippen molar-refractivity contribution < 1.29 is 18.0 Å². The maximum absolute atomic E-state index is 13.4. The molecule has 0 radical (unpaired) electrons. The first-order valence-corrected chi connectivity index (χ1v) is 14.7. The lowest BCUT2D eigenvalue weighted by Gasteiger charge is -2.32. The molecule has 2 aromatic rings. The Kier molecular flexibility index (Phi) is 10.5. The van der Waals surface area contributed by atoms with Gasteiger partial charge in [-0.25, -0.2) is 8.42 Å². The van der Waals surface area contributed by atoms with E-state index in [9.17, 15) is 18.0 Å². The summed E-state index contributed by atoms with van der Waals surface area (Å²) in [4.78, 5) is 27.8. The van der Waals surface area contributed by atoms with Crippen molar-refractivity contribution in [1.82, 2.24) is 10.2 Å². The van der Waals surface area contributed by atoms with Crippen LogP contribution in [0.15, 0.2) is 36.4 Å². The second-order valence-corrected chi connectivity index (χ2v) is 13.1. The predicted molar refractivity (Wildman–Crippen MR) is 152 cm³/mol.